The molecular formula is C17H24N4O. The summed E-state index contributed by atoms with van der Waals surface area (Å²) in [6.07, 6.45) is 0.875. The fourth-order valence-corrected chi connectivity index (χ4v) is 2.56. The minimum Gasteiger partial charge on any atom is -0.326 e. The van der Waals surface area contributed by atoms with Crippen molar-refractivity contribution >= 4 is 11.6 Å². The fraction of sp³-hybridized carbons (Fsp3) is 0.412. The highest BCUT2D eigenvalue weighted by molar-refractivity contribution is 5.88. The van der Waals surface area contributed by atoms with Gasteiger partial charge in [-0.25, -0.2) is 0 Å². The lowest BCUT2D eigenvalue weighted by Gasteiger charge is -2.20. The zero-order valence-electron chi connectivity index (χ0n) is 13.6. The van der Waals surface area contributed by atoms with E-state index in [4.69, 9.17) is 0 Å². The second-order valence-corrected chi connectivity index (χ2v) is 5.84. The molecule has 0 unspecified atom stereocenters. The van der Waals surface area contributed by atoms with Crippen molar-refractivity contribution in [2.75, 3.05) is 5.32 Å². The van der Waals surface area contributed by atoms with Crippen LogP contribution in [0.1, 0.15) is 43.8 Å². The molecule has 0 saturated heterocycles. The van der Waals surface area contributed by atoms with Crippen molar-refractivity contribution < 1.29 is 4.79 Å². The van der Waals surface area contributed by atoms with Crippen LogP contribution in [0.25, 0.3) is 0 Å². The van der Waals surface area contributed by atoms with Crippen molar-refractivity contribution in [2.45, 2.75) is 46.2 Å². The maximum Gasteiger partial charge on any atom is 0.221 e. The molecule has 0 bridgehead atoms. The number of amides is 1. The Balaban J connectivity index is 1.96. The van der Waals surface area contributed by atoms with Gasteiger partial charge in [-0.3, -0.25) is 9.89 Å². The standard InChI is InChI=1S/C17H24N4O/c1-11(8-17-9-12(2)20-21-17)18-13(3)15-6-5-7-16(10-15)19-14(4)22/h5-7,9-11,13,18H,8H2,1-4H3,(H,19,22)(H,20,21)/t11-,13+/m1/s1. The lowest BCUT2D eigenvalue weighted by atomic mass is 10.1. The van der Waals surface area contributed by atoms with E-state index in [9.17, 15) is 4.79 Å². The number of aromatic amines is 1. The van der Waals surface area contributed by atoms with Crippen LogP contribution in [0, 0.1) is 6.92 Å². The van der Waals surface area contributed by atoms with Crippen molar-refractivity contribution in [2.24, 2.45) is 0 Å². The van der Waals surface area contributed by atoms with Crippen LogP contribution >= 0.6 is 0 Å². The molecule has 1 heterocycles. The topological polar surface area (TPSA) is 69.8 Å². The van der Waals surface area contributed by atoms with Crippen molar-refractivity contribution in [3.05, 3.63) is 47.3 Å². The van der Waals surface area contributed by atoms with E-state index in [1.807, 2.05) is 25.1 Å². The smallest absolute Gasteiger partial charge is 0.221 e. The molecule has 1 aromatic carbocycles. The first-order chi connectivity index (χ1) is 10.4. The predicted molar refractivity (Wildman–Crippen MR) is 88.8 cm³/mol. The Bertz CT molecular complexity index is 635. The summed E-state index contributed by atoms with van der Waals surface area (Å²) in [4.78, 5) is 11.1. The minimum absolute atomic E-state index is 0.0555. The highest BCUT2D eigenvalue weighted by atomic mass is 16.1. The first-order valence-electron chi connectivity index (χ1n) is 7.58. The zero-order chi connectivity index (χ0) is 16.1. The van der Waals surface area contributed by atoms with Crippen molar-refractivity contribution in [3.63, 3.8) is 0 Å². The molecule has 5 nitrogen and oxygen atoms in total. The molecule has 2 aromatic rings. The molecule has 0 aliphatic rings. The van der Waals surface area contributed by atoms with Gasteiger partial charge in [0.15, 0.2) is 0 Å². The summed E-state index contributed by atoms with van der Waals surface area (Å²) in [7, 11) is 0. The number of rotatable bonds is 6. The highest BCUT2D eigenvalue weighted by Gasteiger charge is 2.12. The molecule has 3 N–H and O–H groups in total. The van der Waals surface area contributed by atoms with Gasteiger partial charge in [0.25, 0.3) is 0 Å². The molecule has 0 radical (unpaired) electrons. The van der Waals surface area contributed by atoms with Crippen LogP contribution < -0.4 is 10.6 Å². The zero-order valence-corrected chi connectivity index (χ0v) is 13.6. The van der Waals surface area contributed by atoms with Crippen LogP contribution in [0.5, 0.6) is 0 Å². The number of benzene rings is 1. The molecule has 0 spiro atoms. The number of aryl methyl sites for hydroxylation is 1. The Hall–Kier alpha value is -2.14. The quantitative estimate of drug-likeness (QED) is 0.768. The van der Waals surface area contributed by atoms with E-state index in [2.05, 4.69) is 46.8 Å². The van der Waals surface area contributed by atoms with E-state index in [1.165, 1.54) is 6.92 Å². The number of hydrogen-bond donors (Lipinski definition) is 3. The number of aromatic nitrogens is 2. The normalized spacial score (nSPS) is 13.6. The monoisotopic (exact) mass is 300 g/mol. The van der Waals surface area contributed by atoms with Gasteiger partial charge in [-0.05, 0) is 44.5 Å². The first kappa shape index (κ1) is 16.2. The van der Waals surface area contributed by atoms with E-state index in [1.54, 1.807) is 0 Å². The molecule has 0 aliphatic heterocycles. The molecule has 118 valence electrons. The molecule has 22 heavy (non-hydrogen) atoms. The van der Waals surface area contributed by atoms with Crippen molar-refractivity contribution in [1.29, 1.82) is 0 Å². The van der Waals surface area contributed by atoms with Crippen LogP contribution in [0.2, 0.25) is 0 Å². The summed E-state index contributed by atoms with van der Waals surface area (Å²) in [6.45, 7) is 7.80. The number of nitrogens with one attached hydrogen (secondary N) is 3. The number of hydrogen-bond acceptors (Lipinski definition) is 3. The Morgan fingerprint density at radius 3 is 2.73 bits per heavy atom. The van der Waals surface area contributed by atoms with E-state index >= 15 is 0 Å². The van der Waals surface area contributed by atoms with Gasteiger partial charge >= 0.3 is 0 Å². The van der Waals surface area contributed by atoms with E-state index in [-0.39, 0.29) is 11.9 Å². The van der Waals surface area contributed by atoms with Crippen LogP contribution in [-0.4, -0.2) is 22.1 Å². The minimum atomic E-state index is -0.0555. The average Bonchev–Trinajstić information content (AvgIpc) is 2.83. The summed E-state index contributed by atoms with van der Waals surface area (Å²) in [6, 6.07) is 10.5. The van der Waals surface area contributed by atoms with Gasteiger partial charge in [0.2, 0.25) is 5.91 Å². The number of H-pyrrole nitrogens is 1. The molecule has 0 aliphatic carbocycles. The van der Waals surface area contributed by atoms with Crippen LogP contribution in [0.15, 0.2) is 30.3 Å². The van der Waals surface area contributed by atoms with Gasteiger partial charge in [-0.2, -0.15) is 5.10 Å². The fourth-order valence-electron chi connectivity index (χ4n) is 2.56. The predicted octanol–water partition coefficient (Wildman–Crippen LogP) is 2.96. The van der Waals surface area contributed by atoms with E-state index < -0.39 is 0 Å². The van der Waals surface area contributed by atoms with Gasteiger partial charge in [0.1, 0.15) is 0 Å². The summed E-state index contributed by atoms with van der Waals surface area (Å²) in [5.74, 6) is -0.0555. The summed E-state index contributed by atoms with van der Waals surface area (Å²) in [5, 5.41) is 13.6. The molecule has 0 saturated carbocycles. The van der Waals surface area contributed by atoms with Gasteiger partial charge in [0, 0.05) is 36.8 Å². The van der Waals surface area contributed by atoms with Gasteiger partial charge < -0.3 is 10.6 Å². The number of anilines is 1. The highest BCUT2D eigenvalue weighted by Crippen LogP contribution is 2.18. The SMILES string of the molecule is CC(=O)Nc1cccc([C@H](C)N[C@H](C)Cc2cc(C)[nH]n2)c1. The Kier molecular flexibility index (Phi) is 5.33. The maximum absolute atomic E-state index is 11.1. The first-order valence-corrected chi connectivity index (χ1v) is 7.58. The molecule has 1 amide bonds. The lowest BCUT2D eigenvalue weighted by molar-refractivity contribution is -0.114. The summed E-state index contributed by atoms with van der Waals surface area (Å²) in [5.41, 5.74) is 4.13. The second kappa shape index (κ2) is 7.22. The molecule has 2 rings (SSSR count). The third-order valence-electron chi connectivity index (χ3n) is 3.52. The molecule has 2 atom stereocenters. The van der Waals surface area contributed by atoms with E-state index in [0.29, 0.717) is 6.04 Å². The molecular weight excluding hydrogens is 276 g/mol. The van der Waals surface area contributed by atoms with Gasteiger partial charge in [-0.1, -0.05) is 12.1 Å². The Morgan fingerprint density at radius 2 is 2.09 bits per heavy atom. The largest absolute Gasteiger partial charge is 0.326 e. The third kappa shape index (κ3) is 4.70. The van der Waals surface area contributed by atoms with Crippen LogP contribution in [-0.2, 0) is 11.2 Å². The number of carbonyl (C=O) groups is 1. The second-order valence-electron chi connectivity index (χ2n) is 5.84. The van der Waals surface area contributed by atoms with Crippen molar-refractivity contribution in [1.82, 2.24) is 15.5 Å². The third-order valence-corrected chi connectivity index (χ3v) is 3.52. The molecule has 5 heteroatoms. The number of carbonyl (C=O) groups excluding carboxylic acids is 1. The Labute approximate surface area is 131 Å². The summed E-state index contributed by atoms with van der Waals surface area (Å²) >= 11 is 0. The Morgan fingerprint density at radius 1 is 1.32 bits per heavy atom. The van der Waals surface area contributed by atoms with Crippen molar-refractivity contribution in [3.8, 4) is 0 Å². The van der Waals surface area contributed by atoms with Gasteiger partial charge in [-0.15, -0.1) is 0 Å². The van der Waals surface area contributed by atoms with Gasteiger partial charge in [0.05, 0.1) is 5.69 Å². The van der Waals surface area contributed by atoms with E-state index in [0.717, 1.165) is 29.1 Å². The van der Waals surface area contributed by atoms with Crippen LogP contribution in [0.4, 0.5) is 5.69 Å². The number of nitrogens with zero attached hydrogens (tertiary/aromatic N) is 1. The average molecular weight is 300 g/mol. The molecule has 0 fully saturated rings. The molecule has 1 aromatic heterocycles. The van der Waals surface area contributed by atoms with Crippen LogP contribution in [0.3, 0.4) is 0 Å². The summed E-state index contributed by atoms with van der Waals surface area (Å²) < 4.78 is 0. The lowest BCUT2D eigenvalue weighted by Crippen LogP contribution is -2.30. The maximum atomic E-state index is 11.1.